The summed E-state index contributed by atoms with van der Waals surface area (Å²) >= 11 is 0. The van der Waals surface area contributed by atoms with Gasteiger partial charge >= 0.3 is 29.5 Å². The molecular formula is C59H69N2O16P3. The molecule has 0 radical (unpaired) electrons. The minimum atomic E-state index is -5.15. The van der Waals surface area contributed by atoms with Gasteiger partial charge in [-0.3, -0.25) is 37.6 Å². The molecule has 21 heteroatoms. The first-order valence-corrected chi connectivity index (χ1v) is 31.9. The molecule has 10 rings (SSSR count). The number of phosphoric ester groups is 3. The van der Waals surface area contributed by atoms with Gasteiger partial charge in [0, 0.05) is 25.5 Å². The van der Waals surface area contributed by atoms with E-state index in [-0.39, 0.29) is 57.9 Å². The van der Waals surface area contributed by atoms with Gasteiger partial charge in [-0.1, -0.05) is 144 Å². The van der Waals surface area contributed by atoms with Crippen LogP contribution >= 0.6 is 23.5 Å². The number of hydrogen-bond donors (Lipinski definition) is 6. The van der Waals surface area contributed by atoms with Crippen molar-refractivity contribution in [3.05, 3.63) is 120 Å². The van der Waals surface area contributed by atoms with Crippen LogP contribution in [0.5, 0.6) is 0 Å². The van der Waals surface area contributed by atoms with Crippen molar-refractivity contribution in [2.45, 2.75) is 116 Å². The summed E-state index contributed by atoms with van der Waals surface area (Å²) in [6.07, 6.45) is -2.95. The molecule has 2 aliphatic rings. The molecule has 2 heterocycles. The Morgan fingerprint density at radius 3 is 1.69 bits per heavy atom. The molecule has 8 aromatic rings. The fourth-order valence-corrected chi connectivity index (χ4v) is 15.7. The zero-order valence-corrected chi connectivity index (χ0v) is 48.0. The quantitative estimate of drug-likeness (QED) is 0.0230. The van der Waals surface area contributed by atoms with Crippen molar-refractivity contribution in [3.8, 4) is 0 Å². The Kier molecular flexibility index (Phi) is 16.7. The Morgan fingerprint density at radius 1 is 0.662 bits per heavy atom. The number of amides is 3. The first-order valence-electron chi connectivity index (χ1n) is 27.4. The average molecular weight is 1160 g/mol. The Bertz CT molecular complexity index is 3680. The molecule has 2 saturated heterocycles. The Labute approximate surface area is 463 Å². The summed E-state index contributed by atoms with van der Waals surface area (Å²) in [5.41, 5.74) is -0.983. The lowest BCUT2D eigenvalue weighted by Crippen LogP contribution is -2.57. The Balaban J connectivity index is 0.894. The third kappa shape index (κ3) is 11.8. The van der Waals surface area contributed by atoms with E-state index in [0.717, 1.165) is 75.8 Å². The predicted octanol–water partition coefficient (Wildman–Crippen LogP) is 12.0. The van der Waals surface area contributed by atoms with Gasteiger partial charge < -0.3 is 29.4 Å². The second-order valence-corrected chi connectivity index (χ2v) is 25.7. The number of nitrogens with zero attached hydrogens (tertiary/aromatic N) is 1. The van der Waals surface area contributed by atoms with E-state index in [2.05, 4.69) is 47.8 Å². The van der Waals surface area contributed by atoms with Crippen LogP contribution in [0.3, 0.4) is 0 Å². The number of benzene rings is 8. The lowest BCUT2D eigenvalue weighted by molar-refractivity contribution is -0.128. The zero-order valence-electron chi connectivity index (χ0n) is 45.4. The van der Waals surface area contributed by atoms with Crippen LogP contribution in [-0.4, -0.2) is 97.5 Å². The van der Waals surface area contributed by atoms with Crippen LogP contribution in [0, 0.1) is 17.8 Å². The molecule has 0 bridgehead atoms. The summed E-state index contributed by atoms with van der Waals surface area (Å²) in [5, 5.41) is 26.0. The maximum atomic E-state index is 14.4. The van der Waals surface area contributed by atoms with Crippen molar-refractivity contribution >= 4 is 100 Å². The third-order valence-corrected chi connectivity index (χ3v) is 19.7. The summed E-state index contributed by atoms with van der Waals surface area (Å²) in [4.78, 5) is 70.4. The number of urea groups is 1. The standard InChI is InChI=1S/C59H69N2O16P3/c1-6-58(7-2,76-78(65,66)67)31-37(28-44-22-20-42-18-16-38-12-10-14-40-24-26-47(44)54(42)52(38)40)34-72-79(68,69)75-49-30-51(61-32-36(5)56(63)60-57(61)64)74-50(49)35-73-80(70,71)77-59(8-3,9-4)46(33-62)29-45-23-21-43-19-17-39-13-11-15-41-25-27-48(45)55(43)53(39)41/h10-27,36-37,46,49-51,62H,6-9,28-35H2,1-5H3,(H,68,69)(H,70,71)(H,60,63,64)(H2,65,66,67). The van der Waals surface area contributed by atoms with E-state index in [1.807, 2.05) is 66.7 Å². The molecule has 426 valence electrons. The van der Waals surface area contributed by atoms with Crippen LogP contribution in [-0.2, 0) is 58.7 Å². The van der Waals surface area contributed by atoms with E-state index in [0.29, 0.717) is 0 Å². The second-order valence-electron chi connectivity index (χ2n) is 21.7. The maximum Gasteiger partial charge on any atom is 0.472 e. The average Bonchev–Trinajstić information content (AvgIpc) is 3.92. The van der Waals surface area contributed by atoms with Gasteiger partial charge in [0.25, 0.3) is 0 Å². The summed E-state index contributed by atoms with van der Waals surface area (Å²) in [6.45, 7) is 7.02. The van der Waals surface area contributed by atoms with Crippen LogP contribution in [0.4, 0.5) is 4.79 Å². The fraction of sp³-hybridized carbons (Fsp3) is 0.424. The molecule has 8 unspecified atom stereocenters. The number of rotatable bonds is 25. The largest absolute Gasteiger partial charge is 0.472 e. The molecule has 3 amide bonds. The van der Waals surface area contributed by atoms with Gasteiger partial charge in [0.15, 0.2) is 0 Å². The van der Waals surface area contributed by atoms with Gasteiger partial charge in [-0.05, 0) is 127 Å². The van der Waals surface area contributed by atoms with Gasteiger partial charge in [-0.15, -0.1) is 0 Å². The summed E-state index contributed by atoms with van der Waals surface area (Å²) < 4.78 is 76.5. The molecule has 80 heavy (non-hydrogen) atoms. The van der Waals surface area contributed by atoms with Crippen LogP contribution in [0.25, 0.3) is 64.6 Å². The van der Waals surface area contributed by atoms with E-state index in [9.17, 15) is 48.0 Å². The number of carbonyl (C=O) groups is 2. The first kappa shape index (κ1) is 58.2. The van der Waals surface area contributed by atoms with E-state index in [1.54, 1.807) is 34.6 Å². The molecule has 0 aliphatic carbocycles. The fourth-order valence-electron chi connectivity index (χ4n) is 12.6. The number of nitrogens with one attached hydrogen (secondary N) is 1. The summed E-state index contributed by atoms with van der Waals surface area (Å²) in [6, 6.07) is 35.9. The van der Waals surface area contributed by atoms with Gasteiger partial charge in [0.1, 0.15) is 18.4 Å². The van der Waals surface area contributed by atoms with Crippen LogP contribution in [0.2, 0.25) is 0 Å². The number of aliphatic hydroxyl groups is 1. The SMILES string of the molecule is CCC(CC)(CC(COP(=O)(O)OC1CC(N2CC(C)C(=O)NC2=O)OC1COP(=O)(O)OC(CC)(CC)C(CO)Cc1ccc2ccc3cccc4ccc1c2c34)Cc1ccc2ccc3cccc4ccc1c2c34)OP(=O)(O)O. The van der Waals surface area contributed by atoms with Crippen molar-refractivity contribution in [2.75, 3.05) is 26.4 Å². The van der Waals surface area contributed by atoms with E-state index in [1.165, 1.54) is 4.90 Å². The van der Waals surface area contributed by atoms with Crippen LogP contribution in [0.15, 0.2) is 109 Å². The van der Waals surface area contributed by atoms with E-state index in [4.69, 9.17) is 27.4 Å². The maximum absolute atomic E-state index is 14.4. The third-order valence-electron chi connectivity index (χ3n) is 17.0. The number of hydrogen-bond acceptors (Lipinski definition) is 12. The first-order chi connectivity index (χ1) is 38.1. The predicted molar refractivity (Wildman–Crippen MR) is 306 cm³/mol. The molecule has 18 nitrogen and oxygen atoms in total. The van der Waals surface area contributed by atoms with Crippen LogP contribution < -0.4 is 5.32 Å². The van der Waals surface area contributed by atoms with Crippen molar-refractivity contribution in [3.63, 3.8) is 0 Å². The molecule has 0 spiro atoms. The van der Waals surface area contributed by atoms with Crippen molar-refractivity contribution in [1.29, 1.82) is 0 Å². The normalized spacial score (nSPS) is 21.1. The van der Waals surface area contributed by atoms with Crippen molar-refractivity contribution < 1.29 is 75.3 Å². The van der Waals surface area contributed by atoms with E-state index >= 15 is 0 Å². The molecule has 6 N–H and O–H groups in total. The van der Waals surface area contributed by atoms with Gasteiger partial charge in [0.2, 0.25) is 5.91 Å². The topological polar surface area (TPSA) is 257 Å². The van der Waals surface area contributed by atoms with E-state index < -0.39 is 103 Å². The number of ether oxygens (including phenoxy) is 1. The number of phosphoric acid groups is 3. The minimum absolute atomic E-state index is 0.00241. The smallest absolute Gasteiger partial charge is 0.396 e. The molecule has 0 aromatic heterocycles. The number of aliphatic hydroxyl groups excluding tert-OH is 1. The van der Waals surface area contributed by atoms with Crippen molar-refractivity contribution in [1.82, 2.24) is 10.2 Å². The monoisotopic (exact) mass is 1150 g/mol. The highest BCUT2D eigenvalue weighted by Crippen LogP contribution is 2.55. The number of imide groups is 1. The molecule has 2 fully saturated rings. The molecule has 2 aliphatic heterocycles. The molecular weight excluding hydrogens is 1090 g/mol. The van der Waals surface area contributed by atoms with Crippen LogP contribution in [0.1, 0.15) is 84.3 Å². The highest BCUT2D eigenvalue weighted by molar-refractivity contribution is 7.47. The van der Waals surface area contributed by atoms with Gasteiger partial charge in [-0.2, -0.15) is 0 Å². The molecule has 0 saturated carbocycles. The molecule has 8 atom stereocenters. The van der Waals surface area contributed by atoms with Gasteiger partial charge in [0.05, 0.1) is 30.3 Å². The zero-order chi connectivity index (χ0) is 56.9. The number of carbonyl (C=O) groups excluding carboxylic acids is 2. The minimum Gasteiger partial charge on any atom is -0.396 e. The Hall–Kier alpha value is -4.97. The Morgan fingerprint density at radius 2 is 1.18 bits per heavy atom. The lowest BCUT2D eigenvalue weighted by atomic mass is 9.78. The van der Waals surface area contributed by atoms with Gasteiger partial charge in [-0.25, -0.2) is 18.5 Å². The van der Waals surface area contributed by atoms with Crippen molar-refractivity contribution in [2.24, 2.45) is 17.8 Å². The highest BCUT2D eigenvalue weighted by atomic mass is 31.2. The second kappa shape index (κ2) is 23.0. The summed E-state index contributed by atoms with van der Waals surface area (Å²) in [5.74, 6) is -2.54. The highest BCUT2D eigenvalue weighted by Gasteiger charge is 2.49. The lowest BCUT2D eigenvalue weighted by Gasteiger charge is -2.39. The molecule has 8 aromatic carbocycles. The summed E-state index contributed by atoms with van der Waals surface area (Å²) in [7, 11) is -15.3.